The zero-order valence-electron chi connectivity index (χ0n) is 14.3. The van der Waals surface area contributed by atoms with Gasteiger partial charge < -0.3 is 10.1 Å². The Kier molecular flexibility index (Phi) is 8.74. The van der Waals surface area contributed by atoms with Gasteiger partial charge in [-0.15, -0.1) is 0 Å². The van der Waals surface area contributed by atoms with Crippen LogP contribution in [0.4, 0.5) is 0 Å². The number of likely N-dealkylation sites (N-methyl/N-ethyl adjacent to an activating group) is 1. The summed E-state index contributed by atoms with van der Waals surface area (Å²) >= 11 is 0. The van der Waals surface area contributed by atoms with Crippen LogP contribution in [0.5, 0.6) is 0 Å². The average Bonchev–Trinajstić information content (AvgIpc) is 2.84. The second kappa shape index (κ2) is 9.75. The Bertz CT molecular complexity index is 241. The summed E-state index contributed by atoms with van der Waals surface area (Å²) in [5.74, 6) is 0.731. The van der Waals surface area contributed by atoms with Gasteiger partial charge in [-0.3, -0.25) is 4.90 Å². The first kappa shape index (κ1) is 17.9. The summed E-state index contributed by atoms with van der Waals surface area (Å²) in [5, 5.41) is 3.40. The van der Waals surface area contributed by atoms with Gasteiger partial charge >= 0.3 is 0 Å². The van der Waals surface area contributed by atoms with Crippen LogP contribution in [0.15, 0.2) is 0 Å². The Morgan fingerprint density at radius 1 is 1.10 bits per heavy atom. The van der Waals surface area contributed by atoms with Crippen molar-refractivity contribution in [2.75, 3.05) is 26.2 Å². The first-order valence-corrected chi connectivity index (χ1v) is 8.70. The minimum atomic E-state index is 0.433. The van der Waals surface area contributed by atoms with E-state index < -0.39 is 0 Å². The number of nitrogens with one attached hydrogen (secondary N) is 1. The van der Waals surface area contributed by atoms with E-state index in [2.05, 4.69) is 44.8 Å². The van der Waals surface area contributed by atoms with Crippen LogP contribution >= 0.6 is 0 Å². The molecule has 2 unspecified atom stereocenters. The van der Waals surface area contributed by atoms with Crippen molar-refractivity contribution in [3.63, 3.8) is 0 Å². The van der Waals surface area contributed by atoms with Gasteiger partial charge in [0.25, 0.3) is 0 Å². The molecule has 0 spiro atoms. The summed E-state index contributed by atoms with van der Waals surface area (Å²) < 4.78 is 6.21. The largest absolute Gasteiger partial charge is 0.372 e. The molecule has 1 fully saturated rings. The molecule has 2 atom stereocenters. The highest BCUT2D eigenvalue weighted by Gasteiger charge is 2.28. The van der Waals surface area contributed by atoms with Crippen LogP contribution in [-0.4, -0.2) is 49.3 Å². The molecule has 0 radical (unpaired) electrons. The van der Waals surface area contributed by atoms with Crippen LogP contribution < -0.4 is 5.32 Å². The van der Waals surface area contributed by atoms with Crippen LogP contribution in [0, 0.1) is 5.92 Å². The van der Waals surface area contributed by atoms with Crippen LogP contribution in [-0.2, 0) is 4.74 Å². The van der Waals surface area contributed by atoms with Gasteiger partial charge in [-0.1, -0.05) is 34.6 Å². The molecular formula is C17H36N2O. The molecule has 1 rings (SSSR count). The van der Waals surface area contributed by atoms with Crippen molar-refractivity contribution in [2.24, 2.45) is 5.92 Å². The fourth-order valence-corrected chi connectivity index (χ4v) is 3.28. The van der Waals surface area contributed by atoms with Crippen molar-refractivity contribution in [3.8, 4) is 0 Å². The Morgan fingerprint density at radius 3 is 2.30 bits per heavy atom. The predicted molar refractivity (Wildman–Crippen MR) is 87.2 cm³/mol. The highest BCUT2D eigenvalue weighted by molar-refractivity contribution is 4.80. The predicted octanol–water partition coefficient (Wildman–Crippen LogP) is 3.29. The van der Waals surface area contributed by atoms with E-state index in [1.165, 1.54) is 32.2 Å². The van der Waals surface area contributed by atoms with Crippen LogP contribution in [0.2, 0.25) is 0 Å². The molecule has 1 aliphatic heterocycles. The molecular weight excluding hydrogens is 248 g/mol. The molecule has 120 valence electrons. The molecule has 0 aromatic carbocycles. The maximum absolute atomic E-state index is 6.21. The number of nitrogens with zero attached hydrogens (tertiary/aromatic N) is 1. The normalized spacial score (nSPS) is 23.4. The summed E-state index contributed by atoms with van der Waals surface area (Å²) in [6, 6.07) is 0.716. The summed E-state index contributed by atoms with van der Waals surface area (Å²) in [4.78, 5) is 2.67. The van der Waals surface area contributed by atoms with E-state index in [1.807, 2.05) is 0 Å². The quantitative estimate of drug-likeness (QED) is 0.666. The maximum atomic E-state index is 6.21. The Balaban J connectivity index is 2.44. The van der Waals surface area contributed by atoms with E-state index in [0.29, 0.717) is 18.2 Å². The lowest BCUT2D eigenvalue weighted by atomic mass is 10.1. The molecule has 1 aliphatic rings. The van der Waals surface area contributed by atoms with Crippen molar-refractivity contribution >= 4 is 0 Å². The topological polar surface area (TPSA) is 24.5 Å². The summed E-state index contributed by atoms with van der Waals surface area (Å²) in [6.07, 6.45) is 5.81. The fraction of sp³-hybridized carbons (Fsp3) is 1.00. The molecule has 3 heteroatoms. The molecule has 0 aliphatic carbocycles. The number of hydrogen-bond acceptors (Lipinski definition) is 3. The van der Waals surface area contributed by atoms with Crippen molar-refractivity contribution in [3.05, 3.63) is 0 Å². The average molecular weight is 284 g/mol. The third kappa shape index (κ3) is 6.11. The molecule has 0 bridgehead atoms. The lowest BCUT2D eigenvalue weighted by molar-refractivity contribution is 0.0106. The van der Waals surface area contributed by atoms with E-state index >= 15 is 0 Å². The van der Waals surface area contributed by atoms with Crippen molar-refractivity contribution < 1.29 is 4.74 Å². The monoisotopic (exact) mass is 284 g/mol. The molecule has 20 heavy (non-hydrogen) atoms. The summed E-state index contributed by atoms with van der Waals surface area (Å²) in [6.45, 7) is 15.8. The van der Waals surface area contributed by atoms with E-state index in [-0.39, 0.29) is 0 Å². The molecule has 0 amide bonds. The summed E-state index contributed by atoms with van der Waals surface area (Å²) in [5.41, 5.74) is 0. The zero-order valence-corrected chi connectivity index (χ0v) is 14.3. The van der Waals surface area contributed by atoms with E-state index in [1.54, 1.807) is 0 Å². The lowest BCUT2D eigenvalue weighted by Crippen LogP contribution is -2.42. The van der Waals surface area contributed by atoms with Crippen LogP contribution in [0.1, 0.15) is 60.3 Å². The van der Waals surface area contributed by atoms with Crippen LogP contribution in [0.25, 0.3) is 0 Å². The van der Waals surface area contributed by atoms with Gasteiger partial charge in [0.15, 0.2) is 0 Å². The zero-order chi connectivity index (χ0) is 15.0. The minimum Gasteiger partial charge on any atom is -0.372 e. The van der Waals surface area contributed by atoms with Crippen LogP contribution in [0.3, 0.4) is 0 Å². The highest BCUT2D eigenvalue weighted by Crippen LogP contribution is 2.22. The number of rotatable bonds is 10. The van der Waals surface area contributed by atoms with Gasteiger partial charge in [0.2, 0.25) is 0 Å². The van der Waals surface area contributed by atoms with Gasteiger partial charge in [-0.2, -0.15) is 0 Å². The lowest BCUT2D eigenvalue weighted by Gasteiger charge is -2.33. The second-order valence-electron chi connectivity index (χ2n) is 6.58. The van der Waals surface area contributed by atoms with Crippen molar-refractivity contribution in [2.45, 2.75) is 78.6 Å². The van der Waals surface area contributed by atoms with Gasteiger partial charge in [0.05, 0.1) is 12.2 Å². The van der Waals surface area contributed by atoms with Gasteiger partial charge in [0.1, 0.15) is 0 Å². The third-order valence-electron chi connectivity index (χ3n) is 4.31. The first-order valence-electron chi connectivity index (χ1n) is 8.70. The number of ether oxygens (including phenoxy) is 1. The second-order valence-corrected chi connectivity index (χ2v) is 6.58. The fourth-order valence-electron chi connectivity index (χ4n) is 3.28. The maximum Gasteiger partial charge on any atom is 0.0707 e. The van der Waals surface area contributed by atoms with E-state index in [9.17, 15) is 0 Å². The Morgan fingerprint density at radius 2 is 1.75 bits per heavy atom. The molecule has 3 nitrogen and oxygen atoms in total. The van der Waals surface area contributed by atoms with Crippen molar-refractivity contribution in [1.29, 1.82) is 0 Å². The smallest absolute Gasteiger partial charge is 0.0707 e. The highest BCUT2D eigenvalue weighted by atomic mass is 16.5. The van der Waals surface area contributed by atoms with Gasteiger partial charge in [0, 0.05) is 25.7 Å². The summed E-state index contributed by atoms with van der Waals surface area (Å²) in [7, 11) is 0. The molecule has 0 aromatic rings. The van der Waals surface area contributed by atoms with Crippen molar-refractivity contribution in [1.82, 2.24) is 10.2 Å². The SMILES string of the molecule is CCNCC1CCC(CN(CC(C)C)C(CC)CC)O1. The first-order chi connectivity index (χ1) is 9.60. The van der Waals surface area contributed by atoms with Gasteiger partial charge in [-0.25, -0.2) is 0 Å². The molecule has 1 saturated heterocycles. The Labute approximate surface area is 126 Å². The van der Waals surface area contributed by atoms with E-state index in [0.717, 1.165) is 25.6 Å². The minimum absolute atomic E-state index is 0.433. The standard InChI is InChI=1S/C17H36N2O/c1-6-15(7-2)19(12-14(4)5)13-17-10-9-16(20-17)11-18-8-3/h14-18H,6-13H2,1-5H3. The molecule has 0 saturated carbocycles. The molecule has 0 aromatic heterocycles. The van der Waals surface area contributed by atoms with E-state index in [4.69, 9.17) is 4.74 Å². The third-order valence-corrected chi connectivity index (χ3v) is 4.31. The Hall–Kier alpha value is -0.120. The molecule has 1 heterocycles. The van der Waals surface area contributed by atoms with Gasteiger partial charge in [-0.05, 0) is 38.1 Å². The molecule has 1 N–H and O–H groups in total. The number of hydrogen-bond donors (Lipinski definition) is 1.